The predicted molar refractivity (Wildman–Crippen MR) is 140 cm³/mol. The lowest BCUT2D eigenvalue weighted by Gasteiger charge is -2.22. The Kier molecular flexibility index (Phi) is 5.56. The van der Waals surface area contributed by atoms with Gasteiger partial charge < -0.3 is 14.6 Å². The minimum absolute atomic E-state index is 0.156. The summed E-state index contributed by atoms with van der Waals surface area (Å²) in [4.78, 5) is 35.5. The average molecular weight is 515 g/mol. The van der Waals surface area contributed by atoms with Crippen LogP contribution in [-0.2, 0) is 6.42 Å². The first-order chi connectivity index (χ1) is 17.9. The number of rotatable bonds is 5. The van der Waals surface area contributed by atoms with Crippen molar-refractivity contribution >= 4 is 44.4 Å². The molecule has 1 N–H and O–H groups in total. The van der Waals surface area contributed by atoms with Gasteiger partial charge in [0.2, 0.25) is 5.88 Å². The lowest BCUT2D eigenvalue weighted by molar-refractivity contribution is 0.191. The van der Waals surface area contributed by atoms with Crippen LogP contribution in [0, 0.1) is 13.8 Å². The summed E-state index contributed by atoms with van der Waals surface area (Å²) in [5, 5.41) is 10.6. The van der Waals surface area contributed by atoms with Crippen molar-refractivity contribution in [3.8, 4) is 22.2 Å². The van der Waals surface area contributed by atoms with Crippen LogP contribution >= 0.6 is 11.3 Å². The molecule has 0 unspecified atom stereocenters. The minimum atomic E-state index is -1.08. The molecule has 3 aromatic heterocycles. The van der Waals surface area contributed by atoms with Gasteiger partial charge in [0.25, 0.3) is 0 Å². The van der Waals surface area contributed by atoms with Crippen molar-refractivity contribution in [2.75, 3.05) is 18.6 Å². The van der Waals surface area contributed by atoms with E-state index in [9.17, 15) is 9.90 Å². The molecule has 11 heteroatoms. The lowest BCUT2D eigenvalue weighted by Crippen LogP contribution is -2.38. The highest BCUT2D eigenvalue weighted by Gasteiger charge is 2.30. The Balaban J connectivity index is 1.34. The van der Waals surface area contributed by atoms with Gasteiger partial charge in [-0.25, -0.2) is 29.7 Å². The maximum atomic E-state index is 12.0. The number of benzene rings is 2. The molecule has 1 aliphatic rings. The van der Waals surface area contributed by atoms with Crippen LogP contribution in [-0.4, -0.2) is 55.9 Å². The summed E-state index contributed by atoms with van der Waals surface area (Å²) in [7, 11) is 1.57. The van der Waals surface area contributed by atoms with Crippen LogP contribution in [0.4, 0.5) is 10.5 Å². The molecule has 10 nitrogen and oxygen atoms in total. The first-order valence-corrected chi connectivity index (χ1v) is 12.4. The normalized spacial score (nSPS) is 14.5. The molecule has 5 aromatic rings. The zero-order valence-corrected chi connectivity index (χ0v) is 21.1. The SMILES string of the molecule is COc1cnc2c(-c3nc4ccc5c(c4s3)C[C@H](CN(C(=O)O)c3cnc(C)nc3)O5)cc(C)cc2n1. The van der Waals surface area contributed by atoms with E-state index >= 15 is 0 Å². The summed E-state index contributed by atoms with van der Waals surface area (Å²) in [6, 6.07) is 7.88. The number of methoxy groups -OCH3 is 1. The zero-order chi connectivity index (χ0) is 25.7. The van der Waals surface area contributed by atoms with E-state index in [1.807, 2.05) is 25.1 Å². The summed E-state index contributed by atoms with van der Waals surface area (Å²) in [6.45, 7) is 3.92. The fraction of sp³-hybridized carbons (Fsp3) is 0.231. The van der Waals surface area contributed by atoms with E-state index in [4.69, 9.17) is 14.5 Å². The van der Waals surface area contributed by atoms with Crippen molar-refractivity contribution in [3.05, 3.63) is 59.8 Å². The summed E-state index contributed by atoms with van der Waals surface area (Å²) < 4.78 is 12.4. The van der Waals surface area contributed by atoms with Crippen LogP contribution in [0.15, 0.2) is 42.9 Å². The van der Waals surface area contributed by atoms with Gasteiger partial charge in [-0.2, -0.15) is 0 Å². The number of hydrogen-bond acceptors (Lipinski definition) is 9. The van der Waals surface area contributed by atoms with Crippen molar-refractivity contribution in [1.29, 1.82) is 0 Å². The van der Waals surface area contributed by atoms with E-state index in [0.717, 1.165) is 48.7 Å². The van der Waals surface area contributed by atoms with Gasteiger partial charge in [-0.15, -0.1) is 11.3 Å². The smallest absolute Gasteiger partial charge is 0.412 e. The number of carboxylic acid groups (broad SMARTS) is 1. The number of ether oxygens (including phenoxy) is 2. The molecule has 2 aromatic carbocycles. The molecule has 186 valence electrons. The largest absolute Gasteiger partial charge is 0.488 e. The molecule has 1 aliphatic heterocycles. The molecule has 0 radical (unpaired) electrons. The first-order valence-electron chi connectivity index (χ1n) is 11.6. The van der Waals surface area contributed by atoms with Crippen LogP contribution in [0.5, 0.6) is 11.6 Å². The molecule has 1 atom stereocenters. The Bertz CT molecular complexity index is 1670. The highest BCUT2D eigenvalue weighted by molar-refractivity contribution is 7.22. The van der Waals surface area contributed by atoms with Gasteiger partial charge >= 0.3 is 6.09 Å². The van der Waals surface area contributed by atoms with Crippen LogP contribution < -0.4 is 14.4 Å². The van der Waals surface area contributed by atoms with Gasteiger partial charge in [0.1, 0.15) is 22.7 Å². The van der Waals surface area contributed by atoms with Gasteiger partial charge in [-0.3, -0.25) is 4.90 Å². The topological polar surface area (TPSA) is 123 Å². The number of aromatic nitrogens is 5. The van der Waals surface area contributed by atoms with Crippen molar-refractivity contribution in [2.45, 2.75) is 26.4 Å². The van der Waals surface area contributed by atoms with Gasteiger partial charge in [0, 0.05) is 17.5 Å². The molecule has 0 saturated heterocycles. The number of thiazole rings is 1. The third-order valence-electron chi connectivity index (χ3n) is 6.25. The highest BCUT2D eigenvalue weighted by Crippen LogP contribution is 2.42. The number of aryl methyl sites for hydroxylation is 2. The fourth-order valence-electron chi connectivity index (χ4n) is 4.53. The Hall–Kier alpha value is -4.38. The van der Waals surface area contributed by atoms with E-state index < -0.39 is 6.09 Å². The van der Waals surface area contributed by atoms with E-state index in [0.29, 0.717) is 23.8 Å². The van der Waals surface area contributed by atoms with Crippen LogP contribution in [0.25, 0.3) is 31.8 Å². The van der Waals surface area contributed by atoms with Gasteiger partial charge in [0.15, 0.2) is 0 Å². The van der Waals surface area contributed by atoms with E-state index in [2.05, 4.69) is 26.0 Å². The Labute approximate surface area is 215 Å². The van der Waals surface area contributed by atoms with Crippen molar-refractivity contribution in [3.63, 3.8) is 0 Å². The van der Waals surface area contributed by atoms with E-state index in [1.165, 1.54) is 17.3 Å². The molecule has 1 amide bonds. The molecule has 0 aliphatic carbocycles. The number of fused-ring (bicyclic) bond motifs is 4. The summed E-state index contributed by atoms with van der Waals surface area (Å²) in [5.74, 6) is 1.78. The highest BCUT2D eigenvalue weighted by atomic mass is 32.1. The lowest BCUT2D eigenvalue weighted by atomic mass is 10.1. The second-order valence-corrected chi connectivity index (χ2v) is 9.83. The number of amides is 1. The van der Waals surface area contributed by atoms with E-state index in [1.54, 1.807) is 31.6 Å². The summed E-state index contributed by atoms with van der Waals surface area (Å²) in [6.07, 6.45) is 3.77. The van der Waals surface area contributed by atoms with Crippen LogP contribution in [0.2, 0.25) is 0 Å². The van der Waals surface area contributed by atoms with Gasteiger partial charge in [0.05, 0.1) is 59.2 Å². The first kappa shape index (κ1) is 23.0. The maximum Gasteiger partial charge on any atom is 0.412 e. The van der Waals surface area contributed by atoms with Crippen molar-refractivity contribution < 1.29 is 19.4 Å². The average Bonchev–Trinajstić information content (AvgIpc) is 3.50. The maximum absolute atomic E-state index is 12.0. The minimum Gasteiger partial charge on any atom is -0.488 e. The Morgan fingerprint density at radius 3 is 2.70 bits per heavy atom. The number of hydrogen-bond donors (Lipinski definition) is 1. The molecule has 0 bridgehead atoms. The quantitative estimate of drug-likeness (QED) is 0.352. The molecule has 37 heavy (non-hydrogen) atoms. The second kappa shape index (κ2) is 8.93. The third kappa shape index (κ3) is 4.16. The number of nitrogens with zero attached hydrogens (tertiary/aromatic N) is 6. The van der Waals surface area contributed by atoms with Crippen molar-refractivity contribution in [2.24, 2.45) is 0 Å². The van der Waals surface area contributed by atoms with Crippen molar-refractivity contribution in [1.82, 2.24) is 24.9 Å². The predicted octanol–water partition coefficient (Wildman–Crippen LogP) is 4.81. The third-order valence-corrected chi connectivity index (χ3v) is 7.41. The molecular weight excluding hydrogens is 492 g/mol. The standard InChI is InChI=1S/C26H22N6O4S/c1-13-6-18(23-20(7-13)30-22(35-3)11-29-23)25-31-19-4-5-21-17(24(19)37-25)8-16(36-21)12-32(26(33)34)15-9-27-14(2)28-10-15/h4-7,9-11,16H,8,12H2,1-3H3,(H,33,34)/t16-/m1/s1. The zero-order valence-electron chi connectivity index (χ0n) is 20.3. The number of anilines is 1. The summed E-state index contributed by atoms with van der Waals surface area (Å²) >= 11 is 1.57. The Morgan fingerprint density at radius 1 is 1.14 bits per heavy atom. The monoisotopic (exact) mass is 514 g/mol. The molecule has 0 fully saturated rings. The van der Waals surface area contributed by atoms with Gasteiger partial charge in [-0.05, 0) is 43.7 Å². The number of carbonyl (C=O) groups is 1. The van der Waals surface area contributed by atoms with E-state index in [-0.39, 0.29) is 12.6 Å². The second-order valence-electron chi connectivity index (χ2n) is 8.83. The van der Waals surface area contributed by atoms with Crippen LogP contribution in [0.3, 0.4) is 0 Å². The molecule has 6 rings (SSSR count). The summed E-state index contributed by atoms with van der Waals surface area (Å²) in [5.41, 5.74) is 5.76. The molecule has 0 spiro atoms. The molecular formula is C26H22N6O4S. The molecule has 0 saturated carbocycles. The van der Waals surface area contributed by atoms with Gasteiger partial charge in [-0.1, -0.05) is 0 Å². The van der Waals surface area contributed by atoms with Crippen LogP contribution in [0.1, 0.15) is 17.0 Å². The molecule has 4 heterocycles. The fourth-order valence-corrected chi connectivity index (χ4v) is 5.66. The Morgan fingerprint density at radius 2 is 1.95 bits per heavy atom.